The molecule has 1 amide bonds. The monoisotopic (exact) mass is 483 g/mol. The summed E-state index contributed by atoms with van der Waals surface area (Å²) in [6.07, 6.45) is 8.12. The van der Waals surface area contributed by atoms with E-state index in [0.29, 0.717) is 25.0 Å². The number of carbonyl (C=O) groups excluding carboxylic acids is 1. The number of nitrogens with zero attached hydrogens (tertiary/aromatic N) is 5. The average molecular weight is 484 g/mol. The molecule has 2 unspecified atom stereocenters. The molecule has 0 N–H and O–H groups in total. The van der Waals surface area contributed by atoms with E-state index in [1.54, 1.807) is 4.90 Å². The van der Waals surface area contributed by atoms with Crippen molar-refractivity contribution in [3.63, 3.8) is 0 Å². The predicted octanol–water partition coefficient (Wildman–Crippen LogP) is 6.16. The van der Waals surface area contributed by atoms with Crippen molar-refractivity contribution in [2.45, 2.75) is 70.9 Å². The third-order valence-corrected chi connectivity index (χ3v) is 7.43. The van der Waals surface area contributed by atoms with Crippen LogP contribution in [0.5, 0.6) is 0 Å². The standard InChI is InChI=1S/C29H33N5O2/c1-18-6-5-7-23(31-18)25-26(34-22-9-8-21(16-22)27(34)32-25)20-10-13-30-24(17-20)19-11-14-33(15-12-19)28(35)36-29(2,3)4/h5-7,10-11,13,17,21-22H,8-9,12,14-16H2,1-4H3. The zero-order valence-corrected chi connectivity index (χ0v) is 21.5. The highest BCUT2D eigenvalue weighted by Gasteiger charge is 2.41. The molecule has 6 rings (SSSR count). The van der Waals surface area contributed by atoms with Gasteiger partial charge in [0.15, 0.2) is 0 Å². The number of pyridine rings is 2. The highest BCUT2D eigenvalue weighted by molar-refractivity contribution is 5.80. The van der Waals surface area contributed by atoms with Gasteiger partial charge in [-0.15, -0.1) is 0 Å². The molecule has 186 valence electrons. The Morgan fingerprint density at radius 3 is 2.72 bits per heavy atom. The summed E-state index contributed by atoms with van der Waals surface area (Å²) >= 11 is 0. The molecular weight excluding hydrogens is 450 g/mol. The zero-order valence-electron chi connectivity index (χ0n) is 21.5. The molecule has 0 spiro atoms. The molecule has 2 bridgehead atoms. The van der Waals surface area contributed by atoms with Crippen LogP contribution in [0.3, 0.4) is 0 Å². The van der Waals surface area contributed by atoms with Gasteiger partial charge in [0, 0.05) is 42.5 Å². The maximum Gasteiger partial charge on any atom is 0.410 e. The van der Waals surface area contributed by atoms with E-state index in [4.69, 9.17) is 19.7 Å². The zero-order chi connectivity index (χ0) is 25.0. The van der Waals surface area contributed by atoms with Gasteiger partial charge >= 0.3 is 6.09 Å². The van der Waals surface area contributed by atoms with Crippen LogP contribution in [0.15, 0.2) is 42.6 Å². The molecule has 3 aromatic heterocycles. The fourth-order valence-electron chi connectivity index (χ4n) is 5.81. The van der Waals surface area contributed by atoms with Crippen molar-refractivity contribution in [1.82, 2.24) is 24.4 Å². The van der Waals surface area contributed by atoms with E-state index in [1.807, 2.05) is 40.0 Å². The lowest BCUT2D eigenvalue weighted by molar-refractivity contribution is 0.0270. The molecular formula is C29H33N5O2. The Labute approximate surface area is 212 Å². The van der Waals surface area contributed by atoms with Gasteiger partial charge in [-0.25, -0.2) is 9.78 Å². The topological polar surface area (TPSA) is 73.1 Å². The molecule has 2 atom stereocenters. The third kappa shape index (κ3) is 4.10. The van der Waals surface area contributed by atoms with Crippen LogP contribution in [0.2, 0.25) is 0 Å². The second-order valence-corrected chi connectivity index (χ2v) is 11.2. The van der Waals surface area contributed by atoms with Gasteiger partial charge in [-0.05, 0) is 83.2 Å². The maximum absolute atomic E-state index is 12.5. The lowest BCUT2D eigenvalue weighted by Crippen LogP contribution is -2.39. The van der Waals surface area contributed by atoms with Crippen LogP contribution in [0, 0.1) is 6.92 Å². The van der Waals surface area contributed by atoms with Crippen molar-refractivity contribution in [3.05, 3.63) is 59.8 Å². The Bertz CT molecular complexity index is 1370. The maximum atomic E-state index is 12.5. The number of aromatic nitrogens is 4. The molecule has 2 aliphatic heterocycles. The summed E-state index contributed by atoms with van der Waals surface area (Å²) in [7, 11) is 0. The summed E-state index contributed by atoms with van der Waals surface area (Å²) in [5.41, 5.74) is 6.79. The predicted molar refractivity (Wildman–Crippen MR) is 139 cm³/mol. The van der Waals surface area contributed by atoms with Crippen LogP contribution in [-0.2, 0) is 4.74 Å². The van der Waals surface area contributed by atoms with E-state index >= 15 is 0 Å². The first kappa shape index (κ1) is 23.0. The Kier molecular flexibility index (Phi) is 5.47. The molecule has 0 saturated heterocycles. The summed E-state index contributed by atoms with van der Waals surface area (Å²) in [5.74, 6) is 1.76. The molecule has 1 fully saturated rings. The Morgan fingerprint density at radius 1 is 1.11 bits per heavy atom. The van der Waals surface area contributed by atoms with Crippen molar-refractivity contribution in [2.75, 3.05) is 13.1 Å². The third-order valence-electron chi connectivity index (χ3n) is 7.43. The van der Waals surface area contributed by atoms with Crippen LogP contribution in [0.1, 0.15) is 75.6 Å². The lowest BCUT2D eigenvalue weighted by Gasteiger charge is -2.29. The van der Waals surface area contributed by atoms with Gasteiger partial charge in [0.25, 0.3) is 0 Å². The Balaban J connectivity index is 1.35. The summed E-state index contributed by atoms with van der Waals surface area (Å²) in [4.78, 5) is 28.9. The Hall–Kier alpha value is -3.48. The van der Waals surface area contributed by atoms with Crippen molar-refractivity contribution in [1.29, 1.82) is 0 Å². The van der Waals surface area contributed by atoms with Crippen molar-refractivity contribution in [2.24, 2.45) is 0 Å². The minimum Gasteiger partial charge on any atom is -0.444 e. The second-order valence-electron chi connectivity index (χ2n) is 11.2. The van der Waals surface area contributed by atoms with Gasteiger partial charge in [0.05, 0.1) is 17.1 Å². The first-order chi connectivity index (χ1) is 17.3. The van der Waals surface area contributed by atoms with Crippen molar-refractivity contribution in [3.8, 4) is 22.6 Å². The van der Waals surface area contributed by atoms with Crippen LogP contribution in [0.4, 0.5) is 4.79 Å². The molecule has 0 aromatic carbocycles. The van der Waals surface area contributed by atoms with E-state index in [9.17, 15) is 4.79 Å². The molecule has 3 aliphatic rings. The first-order valence-electron chi connectivity index (χ1n) is 13.0. The molecule has 36 heavy (non-hydrogen) atoms. The molecule has 1 saturated carbocycles. The van der Waals surface area contributed by atoms with Crippen LogP contribution < -0.4 is 0 Å². The van der Waals surface area contributed by atoms with Gasteiger partial charge in [0.2, 0.25) is 0 Å². The van der Waals surface area contributed by atoms with Gasteiger partial charge in [-0.3, -0.25) is 9.97 Å². The van der Waals surface area contributed by atoms with E-state index in [-0.39, 0.29) is 6.09 Å². The number of hydrogen-bond donors (Lipinski definition) is 0. The van der Waals surface area contributed by atoms with Gasteiger partial charge in [-0.2, -0.15) is 0 Å². The molecule has 1 aliphatic carbocycles. The highest BCUT2D eigenvalue weighted by Crippen LogP contribution is 2.52. The van der Waals surface area contributed by atoms with E-state index < -0.39 is 5.60 Å². The number of carbonyl (C=O) groups is 1. The molecule has 7 heteroatoms. The van der Waals surface area contributed by atoms with Gasteiger partial charge in [-0.1, -0.05) is 12.1 Å². The number of amides is 1. The van der Waals surface area contributed by atoms with E-state index in [2.05, 4.69) is 34.9 Å². The van der Waals surface area contributed by atoms with Crippen LogP contribution >= 0.6 is 0 Å². The van der Waals surface area contributed by atoms with Crippen molar-refractivity contribution >= 4 is 11.7 Å². The van der Waals surface area contributed by atoms with Crippen LogP contribution in [0.25, 0.3) is 28.2 Å². The molecule has 7 nitrogen and oxygen atoms in total. The number of fused-ring (bicyclic) bond motifs is 5. The SMILES string of the molecule is Cc1cccc(-c2nc3n(c2-c2ccnc(C4=CCN(C(=O)OC(C)(C)C)CC4)c2)C2CCC3C2)n1. The van der Waals surface area contributed by atoms with Gasteiger partial charge < -0.3 is 14.2 Å². The number of hydrogen-bond acceptors (Lipinski definition) is 5. The second kappa shape index (κ2) is 8.57. The summed E-state index contributed by atoms with van der Waals surface area (Å²) in [6, 6.07) is 10.9. The molecule has 5 heterocycles. The average Bonchev–Trinajstić information content (AvgIpc) is 3.56. The molecule has 3 aromatic rings. The van der Waals surface area contributed by atoms with Gasteiger partial charge in [0.1, 0.15) is 17.1 Å². The van der Waals surface area contributed by atoms with E-state index in [1.165, 1.54) is 25.1 Å². The summed E-state index contributed by atoms with van der Waals surface area (Å²) in [6.45, 7) is 8.86. The fraction of sp³-hybridized carbons (Fsp3) is 0.448. The number of ether oxygens (including phenoxy) is 1. The number of rotatable bonds is 3. The molecule has 0 radical (unpaired) electrons. The number of imidazole rings is 1. The fourth-order valence-corrected chi connectivity index (χ4v) is 5.81. The van der Waals surface area contributed by atoms with Crippen LogP contribution in [-0.4, -0.2) is 49.2 Å². The summed E-state index contributed by atoms with van der Waals surface area (Å²) < 4.78 is 8.02. The van der Waals surface area contributed by atoms with Crippen molar-refractivity contribution < 1.29 is 9.53 Å². The highest BCUT2D eigenvalue weighted by atomic mass is 16.6. The Morgan fingerprint density at radius 2 is 1.97 bits per heavy atom. The minimum atomic E-state index is -0.494. The smallest absolute Gasteiger partial charge is 0.410 e. The first-order valence-corrected chi connectivity index (χ1v) is 13.0. The largest absolute Gasteiger partial charge is 0.444 e. The lowest BCUT2D eigenvalue weighted by atomic mass is 10.0. The summed E-state index contributed by atoms with van der Waals surface area (Å²) in [5, 5.41) is 0. The quantitative estimate of drug-likeness (QED) is 0.446. The van der Waals surface area contributed by atoms with E-state index in [0.717, 1.165) is 46.0 Å². The minimum absolute atomic E-state index is 0.264. The normalized spacial score (nSPS) is 20.9. The number of aryl methyl sites for hydroxylation is 1.